The second-order valence-electron chi connectivity index (χ2n) is 4.14. The zero-order chi connectivity index (χ0) is 9.97. The smallest absolute Gasteiger partial charge is 0.0950 e. The predicted octanol–water partition coefficient (Wildman–Crippen LogP) is -0.616. The monoisotopic (exact) mass is 200 g/mol. The first-order chi connectivity index (χ1) is 6.81. The summed E-state index contributed by atoms with van der Waals surface area (Å²) in [4.78, 5) is 4.81. The second kappa shape index (κ2) is 4.57. The Morgan fingerprint density at radius 1 is 1.21 bits per heavy atom. The van der Waals surface area contributed by atoms with E-state index in [1.807, 2.05) is 0 Å². The molecule has 0 spiro atoms. The van der Waals surface area contributed by atoms with E-state index in [9.17, 15) is 5.11 Å². The summed E-state index contributed by atoms with van der Waals surface area (Å²) in [6.45, 7) is 8.93. The van der Waals surface area contributed by atoms with Crippen LogP contribution in [-0.2, 0) is 4.74 Å². The van der Waals surface area contributed by atoms with Crippen molar-refractivity contribution in [3.63, 3.8) is 0 Å². The van der Waals surface area contributed by atoms with E-state index < -0.39 is 0 Å². The minimum Gasteiger partial charge on any atom is -0.389 e. The van der Waals surface area contributed by atoms with Gasteiger partial charge in [-0.3, -0.25) is 4.90 Å². The molecule has 0 aliphatic carbocycles. The molecule has 2 aliphatic heterocycles. The largest absolute Gasteiger partial charge is 0.389 e. The van der Waals surface area contributed by atoms with Gasteiger partial charge in [0.2, 0.25) is 0 Å². The molecule has 2 atom stereocenters. The molecule has 4 nitrogen and oxygen atoms in total. The van der Waals surface area contributed by atoms with Gasteiger partial charge in [0.15, 0.2) is 0 Å². The van der Waals surface area contributed by atoms with E-state index in [0.29, 0.717) is 13.2 Å². The third-order valence-electron chi connectivity index (χ3n) is 3.34. The zero-order valence-electron chi connectivity index (χ0n) is 8.85. The van der Waals surface area contributed by atoms with E-state index in [2.05, 4.69) is 16.7 Å². The lowest BCUT2D eigenvalue weighted by Crippen LogP contribution is -2.53. The summed E-state index contributed by atoms with van der Waals surface area (Å²) in [6, 6.07) is 0.244. The SMILES string of the molecule is CCN1CCN([C@H]2COC[C@H]2O)CC1. The lowest BCUT2D eigenvalue weighted by atomic mass is 10.1. The Bertz CT molecular complexity index is 181. The van der Waals surface area contributed by atoms with Crippen molar-refractivity contribution in [3.8, 4) is 0 Å². The fourth-order valence-electron chi connectivity index (χ4n) is 2.29. The molecule has 4 heteroatoms. The van der Waals surface area contributed by atoms with Crippen molar-refractivity contribution >= 4 is 0 Å². The molecule has 14 heavy (non-hydrogen) atoms. The molecule has 2 rings (SSSR count). The standard InChI is InChI=1S/C10H20N2O2/c1-2-11-3-5-12(6-4-11)9-7-14-8-10(9)13/h9-10,13H,2-8H2,1H3/t9-,10+/m0/s1. The van der Waals surface area contributed by atoms with E-state index in [-0.39, 0.29) is 12.1 Å². The van der Waals surface area contributed by atoms with E-state index >= 15 is 0 Å². The first-order valence-electron chi connectivity index (χ1n) is 5.53. The summed E-state index contributed by atoms with van der Waals surface area (Å²) in [7, 11) is 0. The van der Waals surface area contributed by atoms with Crippen molar-refractivity contribution < 1.29 is 9.84 Å². The zero-order valence-corrected chi connectivity index (χ0v) is 8.85. The molecule has 2 saturated heterocycles. The number of piperazine rings is 1. The molecular formula is C10H20N2O2. The van der Waals surface area contributed by atoms with Gasteiger partial charge < -0.3 is 14.7 Å². The van der Waals surface area contributed by atoms with Gasteiger partial charge in [0.1, 0.15) is 0 Å². The fourth-order valence-corrected chi connectivity index (χ4v) is 2.29. The molecule has 0 bridgehead atoms. The van der Waals surface area contributed by atoms with Gasteiger partial charge in [0.25, 0.3) is 0 Å². The summed E-state index contributed by atoms with van der Waals surface area (Å²) in [5.74, 6) is 0. The van der Waals surface area contributed by atoms with E-state index in [1.54, 1.807) is 0 Å². The number of ether oxygens (including phenoxy) is 1. The average molecular weight is 200 g/mol. The van der Waals surface area contributed by atoms with Crippen LogP contribution in [-0.4, -0.2) is 73.0 Å². The van der Waals surface area contributed by atoms with Crippen molar-refractivity contribution in [2.24, 2.45) is 0 Å². The molecule has 2 fully saturated rings. The summed E-state index contributed by atoms with van der Waals surface area (Å²) in [6.07, 6.45) is -0.275. The average Bonchev–Trinajstić information content (AvgIpc) is 2.65. The Morgan fingerprint density at radius 3 is 2.43 bits per heavy atom. The van der Waals surface area contributed by atoms with E-state index in [0.717, 1.165) is 32.7 Å². The molecule has 0 saturated carbocycles. The minimum atomic E-state index is -0.275. The second-order valence-corrected chi connectivity index (χ2v) is 4.14. The van der Waals surface area contributed by atoms with Crippen LogP contribution in [0, 0.1) is 0 Å². The third-order valence-corrected chi connectivity index (χ3v) is 3.34. The Labute approximate surface area is 85.4 Å². The first-order valence-corrected chi connectivity index (χ1v) is 5.53. The number of rotatable bonds is 2. The highest BCUT2D eigenvalue weighted by Crippen LogP contribution is 2.15. The van der Waals surface area contributed by atoms with Gasteiger partial charge in [0, 0.05) is 26.2 Å². The van der Waals surface area contributed by atoms with Crippen LogP contribution in [0.2, 0.25) is 0 Å². The van der Waals surface area contributed by atoms with Crippen LogP contribution in [0.4, 0.5) is 0 Å². The number of nitrogens with zero attached hydrogens (tertiary/aromatic N) is 2. The van der Waals surface area contributed by atoms with Crippen LogP contribution < -0.4 is 0 Å². The van der Waals surface area contributed by atoms with Crippen LogP contribution >= 0.6 is 0 Å². The van der Waals surface area contributed by atoms with Gasteiger partial charge in [0.05, 0.1) is 25.4 Å². The molecule has 1 N–H and O–H groups in total. The Balaban J connectivity index is 1.82. The summed E-state index contributed by atoms with van der Waals surface area (Å²) in [5, 5.41) is 9.68. The quantitative estimate of drug-likeness (QED) is 0.645. The predicted molar refractivity (Wildman–Crippen MR) is 54.3 cm³/mol. The summed E-state index contributed by atoms with van der Waals surface area (Å²) in [5.41, 5.74) is 0. The van der Waals surface area contributed by atoms with Gasteiger partial charge in [-0.2, -0.15) is 0 Å². The van der Waals surface area contributed by atoms with Crippen LogP contribution in [0.25, 0.3) is 0 Å². The molecule has 0 amide bonds. The molecule has 0 radical (unpaired) electrons. The Kier molecular flexibility index (Phi) is 3.38. The van der Waals surface area contributed by atoms with Gasteiger partial charge in [-0.25, -0.2) is 0 Å². The maximum atomic E-state index is 9.68. The van der Waals surface area contributed by atoms with Gasteiger partial charge >= 0.3 is 0 Å². The highest BCUT2D eigenvalue weighted by Gasteiger charge is 2.32. The van der Waals surface area contributed by atoms with Crippen LogP contribution in [0.3, 0.4) is 0 Å². The highest BCUT2D eigenvalue weighted by atomic mass is 16.5. The van der Waals surface area contributed by atoms with Gasteiger partial charge in [-0.05, 0) is 6.54 Å². The van der Waals surface area contributed by atoms with E-state index in [4.69, 9.17) is 4.74 Å². The maximum Gasteiger partial charge on any atom is 0.0950 e. The van der Waals surface area contributed by atoms with Crippen LogP contribution in [0.5, 0.6) is 0 Å². The minimum absolute atomic E-state index is 0.244. The lowest BCUT2D eigenvalue weighted by Gasteiger charge is -2.37. The topological polar surface area (TPSA) is 35.9 Å². The molecule has 0 aromatic rings. The summed E-state index contributed by atoms with van der Waals surface area (Å²) >= 11 is 0. The van der Waals surface area contributed by atoms with Gasteiger partial charge in [-0.15, -0.1) is 0 Å². The molecule has 0 unspecified atom stereocenters. The summed E-state index contributed by atoms with van der Waals surface area (Å²) < 4.78 is 5.27. The van der Waals surface area contributed by atoms with Gasteiger partial charge in [-0.1, -0.05) is 6.92 Å². The Hall–Kier alpha value is -0.160. The molecule has 0 aromatic carbocycles. The number of hydrogen-bond donors (Lipinski definition) is 1. The number of aliphatic hydroxyl groups excluding tert-OH is 1. The maximum absolute atomic E-state index is 9.68. The molecule has 2 heterocycles. The number of hydrogen-bond acceptors (Lipinski definition) is 4. The van der Waals surface area contributed by atoms with Crippen molar-refractivity contribution in [2.75, 3.05) is 45.9 Å². The van der Waals surface area contributed by atoms with Crippen molar-refractivity contribution in [1.82, 2.24) is 9.80 Å². The Morgan fingerprint density at radius 2 is 1.93 bits per heavy atom. The van der Waals surface area contributed by atoms with E-state index in [1.165, 1.54) is 0 Å². The fraction of sp³-hybridized carbons (Fsp3) is 1.00. The van der Waals surface area contributed by atoms with Crippen LogP contribution in [0.1, 0.15) is 6.92 Å². The van der Waals surface area contributed by atoms with Crippen molar-refractivity contribution in [1.29, 1.82) is 0 Å². The number of aliphatic hydroxyl groups is 1. The molecular weight excluding hydrogens is 180 g/mol. The third kappa shape index (κ3) is 2.08. The van der Waals surface area contributed by atoms with Crippen LogP contribution in [0.15, 0.2) is 0 Å². The van der Waals surface area contributed by atoms with Crippen molar-refractivity contribution in [3.05, 3.63) is 0 Å². The number of likely N-dealkylation sites (N-methyl/N-ethyl adjacent to an activating group) is 1. The first kappa shape index (κ1) is 10.4. The highest BCUT2D eigenvalue weighted by molar-refractivity contribution is 4.86. The van der Waals surface area contributed by atoms with Crippen molar-refractivity contribution in [2.45, 2.75) is 19.1 Å². The molecule has 0 aromatic heterocycles. The lowest BCUT2D eigenvalue weighted by molar-refractivity contribution is 0.0459. The molecule has 2 aliphatic rings. The molecule has 82 valence electrons. The normalized spacial score (nSPS) is 36.4.